The van der Waals surface area contributed by atoms with E-state index < -0.39 is 10.0 Å². The molecule has 0 saturated carbocycles. The monoisotopic (exact) mass is 322 g/mol. The number of rotatable bonds is 7. The maximum Gasteiger partial charge on any atom is 0.240 e. The van der Waals surface area contributed by atoms with Gasteiger partial charge in [-0.25, -0.2) is 13.1 Å². The number of hydrogen-bond donors (Lipinski definition) is 2. The van der Waals surface area contributed by atoms with Gasteiger partial charge < -0.3 is 10.5 Å². The van der Waals surface area contributed by atoms with E-state index in [2.05, 4.69) is 4.72 Å². The van der Waals surface area contributed by atoms with E-state index in [1.54, 1.807) is 12.1 Å². The molecule has 0 bridgehead atoms. The van der Waals surface area contributed by atoms with Crippen molar-refractivity contribution in [1.29, 1.82) is 0 Å². The number of hydrogen-bond acceptors (Lipinski definition) is 4. The summed E-state index contributed by atoms with van der Waals surface area (Å²) in [5.74, 6) is 1.00. The molecule has 0 aliphatic rings. The number of halogens is 1. The van der Waals surface area contributed by atoms with Crippen molar-refractivity contribution in [3.8, 4) is 5.75 Å². The van der Waals surface area contributed by atoms with Crippen LogP contribution in [0.3, 0.4) is 0 Å². The molecule has 5 nitrogen and oxygen atoms in total. The predicted octanol–water partition coefficient (Wildman–Crippen LogP) is 1.77. The molecular weight excluding hydrogens is 300 g/mol. The summed E-state index contributed by atoms with van der Waals surface area (Å²) >= 11 is 0. The van der Waals surface area contributed by atoms with Gasteiger partial charge in [-0.05, 0) is 36.6 Å². The third-order valence-electron chi connectivity index (χ3n) is 2.73. The first-order chi connectivity index (χ1) is 8.89. The van der Waals surface area contributed by atoms with Crippen LogP contribution in [0.1, 0.15) is 20.3 Å². The van der Waals surface area contributed by atoms with Crippen LogP contribution in [-0.2, 0) is 10.0 Å². The fourth-order valence-electron chi connectivity index (χ4n) is 1.80. The molecule has 0 aliphatic heterocycles. The van der Waals surface area contributed by atoms with Gasteiger partial charge in [-0.3, -0.25) is 0 Å². The zero-order valence-corrected chi connectivity index (χ0v) is 13.6. The summed E-state index contributed by atoms with van der Waals surface area (Å²) in [4.78, 5) is 0.218. The summed E-state index contributed by atoms with van der Waals surface area (Å²) in [7, 11) is -1.99. The van der Waals surface area contributed by atoms with E-state index in [0.29, 0.717) is 18.1 Å². The molecule has 0 radical (unpaired) electrons. The Morgan fingerprint density at radius 1 is 1.25 bits per heavy atom. The largest absolute Gasteiger partial charge is 0.497 e. The van der Waals surface area contributed by atoms with E-state index in [1.807, 2.05) is 13.8 Å². The molecule has 116 valence electrons. The first kappa shape index (κ1) is 19.2. The highest BCUT2D eigenvalue weighted by atomic mass is 35.5. The fraction of sp³-hybridized carbons (Fsp3) is 0.538. The zero-order valence-electron chi connectivity index (χ0n) is 12.0. The van der Waals surface area contributed by atoms with Gasteiger partial charge in [0.05, 0.1) is 12.0 Å². The van der Waals surface area contributed by atoms with Crippen LogP contribution in [0.5, 0.6) is 5.75 Å². The molecule has 20 heavy (non-hydrogen) atoms. The Kier molecular flexibility index (Phi) is 8.12. The van der Waals surface area contributed by atoms with E-state index in [1.165, 1.54) is 19.2 Å². The van der Waals surface area contributed by atoms with Crippen molar-refractivity contribution < 1.29 is 13.2 Å². The van der Waals surface area contributed by atoms with Crippen LogP contribution in [0.2, 0.25) is 0 Å². The highest BCUT2D eigenvalue weighted by molar-refractivity contribution is 7.89. The van der Waals surface area contributed by atoms with E-state index in [9.17, 15) is 8.42 Å². The van der Waals surface area contributed by atoms with Crippen molar-refractivity contribution in [1.82, 2.24) is 4.72 Å². The number of benzene rings is 1. The van der Waals surface area contributed by atoms with Gasteiger partial charge in [0.15, 0.2) is 0 Å². The number of nitrogens with two attached hydrogens (primary N) is 1. The number of methoxy groups -OCH3 is 1. The summed E-state index contributed by atoms with van der Waals surface area (Å²) in [6, 6.07) is 6.03. The van der Waals surface area contributed by atoms with Crippen LogP contribution in [0.4, 0.5) is 0 Å². The van der Waals surface area contributed by atoms with E-state index >= 15 is 0 Å². The first-order valence-corrected chi connectivity index (χ1v) is 7.73. The van der Waals surface area contributed by atoms with Crippen LogP contribution < -0.4 is 15.2 Å². The minimum Gasteiger partial charge on any atom is -0.497 e. The van der Waals surface area contributed by atoms with Gasteiger partial charge in [-0.1, -0.05) is 13.8 Å². The van der Waals surface area contributed by atoms with Crippen molar-refractivity contribution >= 4 is 22.4 Å². The fourth-order valence-corrected chi connectivity index (χ4v) is 3.07. The van der Waals surface area contributed by atoms with Crippen molar-refractivity contribution in [3.63, 3.8) is 0 Å². The van der Waals surface area contributed by atoms with Crippen molar-refractivity contribution in [2.45, 2.75) is 31.2 Å². The lowest BCUT2D eigenvalue weighted by Gasteiger charge is -2.18. The van der Waals surface area contributed by atoms with Crippen LogP contribution in [0.25, 0.3) is 0 Å². The summed E-state index contributed by atoms with van der Waals surface area (Å²) in [5, 5.41) is 0. The second-order valence-corrected chi connectivity index (χ2v) is 6.57. The molecule has 0 aliphatic carbocycles. The maximum atomic E-state index is 12.2. The summed E-state index contributed by atoms with van der Waals surface area (Å²) < 4.78 is 32.0. The first-order valence-electron chi connectivity index (χ1n) is 6.25. The van der Waals surface area contributed by atoms with Gasteiger partial charge in [0.1, 0.15) is 5.75 Å². The molecular formula is C13H23ClN2O3S. The van der Waals surface area contributed by atoms with Gasteiger partial charge >= 0.3 is 0 Å². The number of ether oxygens (including phenoxy) is 1. The molecule has 7 heteroatoms. The lowest BCUT2D eigenvalue weighted by Crippen LogP contribution is -2.40. The molecule has 1 atom stereocenters. The Bertz CT molecular complexity index is 489. The number of nitrogens with one attached hydrogen (secondary N) is 1. The highest BCUT2D eigenvalue weighted by Crippen LogP contribution is 2.16. The minimum absolute atomic E-state index is 0. The van der Waals surface area contributed by atoms with Crippen LogP contribution in [-0.4, -0.2) is 28.1 Å². The number of sulfonamides is 1. The Morgan fingerprint density at radius 3 is 2.20 bits per heavy atom. The molecule has 1 unspecified atom stereocenters. The highest BCUT2D eigenvalue weighted by Gasteiger charge is 2.19. The molecule has 0 spiro atoms. The quantitative estimate of drug-likeness (QED) is 0.801. The Morgan fingerprint density at radius 2 is 1.80 bits per heavy atom. The molecule has 1 rings (SSSR count). The van der Waals surface area contributed by atoms with Crippen molar-refractivity contribution in [3.05, 3.63) is 24.3 Å². The standard InChI is InChI=1S/C13H22N2O3S.ClH/c1-10(2)8-11(9-14)15-19(16,17)13-6-4-12(18-3)5-7-13;/h4-7,10-11,15H,8-9,14H2,1-3H3;1H. The van der Waals surface area contributed by atoms with Gasteiger partial charge in [0.2, 0.25) is 10.0 Å². The summed E-state index contributed by atoms with van der Waals surface area (Å²) in [5.41, 5.74) is 5.61. The maximum absolute atomic E-state index is 12.2. The third-order valence-corrected chi connectivity index (χ3v) is 4.27. The molecule has 1 aromatic rings. The van der Waals surface area contributed by atoms with Gasteiger partial charge in [0, 0.05) is 12.6 Å². The Hall–Kier alpha value is -0.820. The normalized spacial score (nSPS) is 12.8. The molecule has 1 aromatic carbocycles. The van der Waals surface area contributed by atoms with Crippen LogP contribution in [0.15, 0.2) is 29.2 Å². The second-order valence-electron chi connectivity index (χ2n) is 4.86. The minimum atomic E-state index is -3.53. The van der Waals surface area contributed by atoms with E-state index in [0.717, 1.165) is 0 Å². The van der Waals surface area contributed by atoms with Crippen molar-refractivity contribution in [2.75, 3.05) is 13.7 Å². The molecule has 0 fully saturated rings. The Balaban J connectivity index is 0.00000361. The SMILES string of the molecule is COc1ccc(S(=O)(=O)NC(CN)CC(C)C)cc1.Cl. The smallest absolute Gasteiger partial charge is 0.240 e. The summed E-state index contributed by atoms with van der Waals surface area (Å²) in [6.45, 7) is 4.35. The summed E-state index contributed by atoms with van der Waals surface area (Å²) in [6.07, 6.45) is 0.714. The van der Waals surface area contributed by atoms with E-state index in [-0.39, 0.29) is 29.9 Å². The second kappa shape index (κ2) is 8.46. The molecule has 3 N–H and O–H groups in total. The van der Waals surface area contributed by atoms with Gasteiger partial charge in [-0.2, -0.15) is 0 Å². The topological polar surface area (TPSA) is 81.4 Å². The molecule has 0 amide bonds. The lowest BCUT2D eigenvalue weighted by atomic mass is 10.1. The average Bonchev–Trinajstić information content (AvgIpc) is 2.37. The van der Waals surface area contributed by atoms with Crippen LogP contribution in [0, 0.1) is 5.92 Å². The van der Waals surface area contributed by atoms with Gasteiger partial charge in [-0.15, -0.1) is 12.4 Å². The van der Waals surface area contributed by atoms with E-state index in [4.69, 9.17) is 10.5 Å². The van der Waals surface area contributed by atoms with Crippen LogP contribution >= 0.6 is 12.4 Å². The third kappa shape index (κ3) is 5.66. The molecule has 0 saturated heterocycles. The Labute approximate surface area is 127 Å². The average molecular weight is 323 g/mol. The zero-order chi connectivity index (χ0) is 14.5. The predicted molar refractivity (Wildman–Crippen MR) is 82.9 cm³/mol. The lowest BCUT2D eigenvalue weighted by molar-refractivity contribution is 0.414. The molecule has 0 aromatic heterocycles. The van der Waals surface area contributed by atoms with Crippen molar-refractivity contribution in [2.24, 2.45) is 11.7 Å². The van der Waals surface area contributed by atoms with Gasteiger partial charge in [0.25, 0.3) is 0 Å². The molecule has 0 heterocycles.